The first-order chi connectivity index (χ1) is 8.04. The van der Waals surface area contributed by atoms with E-state index in [-0.39, 0.29) is 6.61 Å². The summed E-state index contributed by atoms with van der Waals surface area (Å²) in [6.07, 6.45) is 0. The predicted octanol–water partition coefficient (Wildman–Crippen LogP) is 1.95. The van der Waals surface area contributed by atoms with Gasteiger partial charge in [0.25, 0.3) is 0 Å². The third-order valence-electron chi connectivity index (χ3n) is 3.01. The number of carbonyl (C=O) groups is 1. The first-order valence-electron chi connectivity index (χ1n) is 5.49. The van der Waals surface area contributed by atoms with Crippen LogP contribution in [0.4, 0.5) is 0 Å². The van der Waals surface area contributed by atoms with Crippen LogP contribution >= 0.6 is 0 Å². The van der Waals surface area contributed by atoms with E-state index in [1.165, 1.54) is 0 Å². The lowest BCUT2D eigenvalue weighted by atomic mass is 10.1. The van der Waals surface area contributed by atoms with Gasteiger partial charge in [0.2, 0.25) is 0 Å². The molecule has 0 bridgehead atoms. The van der Waals surface area contributed by atoms with Crippen molar-refractivity contribution in [3.8, 4) is 0 Å². The lowest BCUT2D eigenvalue weighted by molar-refractivity contribution is 0.0696. The summed E-state index contributed by atoms with van der Waals surface area (Å²) >= 11 is 0. The summed E-state index contributed by atoms with van der Waals surface area (Å²) in [5, 5.41) is 19.1. The Bertz CT molecular complexity index is 584. The van der Waals surface area contributed by atoms with Gasteiger partial charge in [-0.2, -0.15) is 0 Å². The second kappa shape index (κ2) is 4.22. The maximum absolute atomic E-state index is 11.1. The van der Waals surface area contributed by atoms with E-state index >= 15 is 0 Å². The molecule has 0 atom stereocenters. The number of aryl methyl sites for hydroxylation is 2. The fourth-order valence-electron chi connectivity index (χ4n) is 2.19. The minimum Gasteiger partial charge on any atom is -0.478 e. The van der Waals surface area contributed by atoms with E-state index < -0.39 is 5.97 Å². The first kappa shape index (κ1) is 11.7. The van der Waals surface area contributed by atoms with E-state index in [0.29, 0.717) is 12.1 Å². The van der Waals surface area contributed by atoms with Gasteiger partial charge in [0, 0.05) is 23.1 Å². The molecule has 1 aromatic carbocycles. The molecule has 0 radical (unpaired) electrons. The van der Waals surface area contributed by atoms with Gasteiger partial charge in [-0.3, -0.25) is 0 Å². The molecule has 90 valence electrons. The molecule has 0 saturated heterocycles. The van der Waals surface area contributed by atoms with Gasteiger partial charge in [0.15, 0.2) is 0 Å². The quantitative estimate of drug-likeness (QED) is 0.851. The lowest BCUT2D eigenvalue weighted by Gasteiger charge is -2.07. The van der Waals surface area contributed by atoms with Crippen LogP contribution in [-0.2, 0) is 6.54 Å². The van der Waals surface area contributed by atoms with Crippen LogP contribution in [0.3, 0.4) is 0 Å². The Morgan fingerprint density at radius 1 is 1.29 bits per heavy atom. The van der Waals surface area contributed by atoms with Crippen LogP contribution in [0.1, 0.15) is 21.6 Å². The molecule has 1 heterocycles. The standard InChI is InChI=1S/C13H15NO3/c1-8-5-10-6-9(2)14(3-4-15)12(10)7-11(8)13(16)17/h5-7,15H,3-4H2,1-2H3,(H,16,17). The van der Waals surface area contributed by atoms with Crippen molar-refractivity contribution in [1.29, 1.82) is 0 Å². The number of benzene rings is 1. The highest BCUT2D eigenvalue weighted by Gasteiger charge is 2.12. The Hall–Kier alpha value is -1.81. The second-order valence-electron chi connectivity index (χ2n) is 4.19. The van der Waals surface area contributed by atoms with Gasteiger partial charge in [-0.15, -0.1) is 0 Å². The van der Waals surface area contributed by atoms with E-state index in [4.69, 9.17) is 10.2 Å². The summed E-state index contributed by atoms with van der Waals surface area (Å²) in [7, 11) is 0. The lowest BCUT2D eigenvalue weighted by Crippen LogP contribution is -2.05. The Morgan fingerprint density at radius 2 is 2.00 bits per heavy atom. The van der Waals surface area contributed by atoms with Gasteiger partial charge in [0.1, 0.15) is 0 Å². The summed E-state index contributed by atoms with van der Waals surface area (Å²) in [6.45, 7) is 4.27. The minimum absolute atomic E-state index is 0.0426. The molecular formula is C13H15NO3. The Labute approximate surface area is 99.1 Å². The highest BCUT2D eigenvalue weighted by atomic mass is 16.4. The topological polar surface area (TPSA) is 62.5 Å². The van der Waals surface area contributed by atoms with Crippen molar-refractivity contribution in [3.63, 3.8) is 0 Å². The molecule has 0 aliphatic carbocycles. The number of aromatic nitrogens is 1. The first-order valence-corrected chi connectivity index (χ1v) is 5.49. The molecule has 4 nitrogen and oxygen atoms in total. The zero-order valence-corrected chi connectivity index (χ0v) is 9.90. The molecular weight excluding hydrogens is 218 g/mol. The van der Waals surface area contributed by atoms with Crippen LogP contribution in [0.2, 0.25) is 0 Å². The number of nitrogens with zero attached hydrogens (tertiary/aromatic N) is 1. The summed E-state index contributed by atoms with van der Waals surface area (Å²) in [5.41, 5.74) is 2.96. The number of rotatable bonds is 3. The van der Waals surface area contributed by atoms with Gasteiger partial charge < -0.3 is 14.8 Å². The minimum atomic E-state index is -0.918. The molecule has 2 N–H and O–H groups in total. The fourth-order valence-corrected chi connectivity index (χ4v) is 2.19. The van der Waals surface area contributed by atoms with Crippen molar-refractivity contribution in [2.45, 2.75) is 20.4 Å². The normalized spacial score (nSPS) is 11.0. The Balaban J connectivity index is 2.72. The molecule has 1 aromatic heterocycles. The number of fused-ring (bicyclic) bond motifs is 1. The third-order valence-corrected chi connectivity index (χ3v) is 3.01. The highest BCUT2D eigenvalue weighted by molar-refractivity contribution is 5.95. The number of hydrogen-bond donors (Lipinski definition) is 2. The van der Waals surface area contributed by atoms with E-state index in [0.717, 1.165) is 22.2 Å². The summed E-state index contributed by atoms with van der Waals surface area (Å²) in [5.74, 6) is -0.918. The van der Waals surface area contributed by atoms with Crippen LogP contribution in [0.5, 0.6) is 0 Å². The Morgan fingerprint density at radius 3 is 2.59 bits per heavy atom. The molecule has 2 aromatic rings. The molecule has 4 heteroatoms. The van der Waals surface area contributed by atoms with E-state index in [2.05, 4.69) is 0 Å². The highest BCUT2D eigenvalue weighted by Crippen LogP contribution is 2.23. The maximum Gasteiger partial charge on any atom is 0.336 e. The van der Waals surface area contributed by atoms with Crippen molar-refractivity contribution in [1.82, 2.24) is 4.57 Å². The van der Waals surface area contributed by atoms with Crippen molar-refractivity contribution in [3.05, 3.63) is 35.0 Å². The van der Waals surface area contributed by atoms with Crippen LogP contribution in [0, 0.1) is 13.8 Å². The van der Waals surface area contributed by atoms with Gasteiger partial charge >= 0.3 is 5.97 Å². The summed E-state index contributed by atoms with van der Waals surface area (Å²) < 4.78 is 1.93. The maximum atomic E-state index is 11.1. The summed E-state index contributed by atoms with van der Waals surface area (Å²) in [4.78, 5) is 11.1. The van der Waals surface area contributed by atoms with Crippen LogP contribution in [-0.4, -0.2) is 27.4 Å². The van der Waals surface area contributed by atoms with Gasteiger partial charge in [-0.05, 0) is 37.6 Å². The average Bonchev–Trinajstić information content (AvgIpc) is 2.54. The van der Waals surface area contributed by atoms with E-state index in [1.807, 2.05) is 23.6 Å². The molecule has 0 aliphatic heterocycles. The molecule has 0 aliphatic rings. The molecule has 2 rings (SSSR count). The predicted molar refractivity (Wildman–Crippen MR) is 65.5 cm³/mol. The van der Waals surface area contributed by atoms with Crippen molar-refractivity contribution < 1.29 is 15.0 Å². The number of carboxylic acids is 1. The van der Waals surface area contributed by atoms with Crippen molar-refractivity contribution in [2.75, 3.05) is 6.61 Å². The zero-order chi connectivity index (χ0) is 12.6. The number of aliphatic hydroxyl groups is 1. The monoisotopic (exact) mass is 233 g/mol. The third kappa shape index (κ3) is 1.91. The Kier molecular flexibility index (Phi) is 2.90. The largest absolute Gasteiger partial charge is 0.478 e. The van der Waals surface area contributed by atoms with Gasteiger partial charge in [-0.1, -0.05) is 0 Å². The second-order valence-corrected chi connectivity index (χ2v) is 4.19. The van der Waals surface area contributed by atoms with E-state index in [9.17, 15) is 4.79 Å². The van der Waals surface area contributed by atoms with Crippen molar-refractivity contribution in [2.24, 2.45) is 0 Å². The smallest absolute Gasteiger partial charge is 0.336 e. The average molecular weight is 233 g/mol. The number of aliphatic hydroxyl groups excluding tert-OH is 1. The van der Waals surface area contributed by atoms with Gasteiger partial charge in [-0.25, -0.2) is 4.79 Å². The molecule has 0 saturated carbocycles. The zero-order valence-electron chi connectivity index (χ0n) is 9.90. The number of aromatic carboxylic acids is 1. The van der Waals surface area contributed by atoms with Crippen molar-refractivity contribution >= 4 is 16.9 Å². The molecule has 0 spiro atoms. The van der Waals surface area contributed by atoms with Crippen LogP contribution < -0.4 is 0 Å². The van der Waals surface area contributed by atoms with Crippen LogP contribution in [0.25, 0.3) is 10.9 Å². The molecule has 0 fully saturated rings. The molecule has 0 amide bonds. The summed E-state index contributed by atoms with van der Waals surface area (Å²) in [6, 6.07) is 5.55. The van der Waals surface area contributed by atoms with Gasteiger partial charge in [0.05, 0.1) is 12.2 Å². The molecule has 0 unspecified atom stereocenters. The number of carboxylic acid groups (broad SMARTS) is 1. The van der Waals surface area contributed by atoms with E-state index in [1.54, 1.807) is 13.0 Å². The van der Waals surface area contributed by atoms with Crippen LogP contribution in [0.15, 0.2) is 18.2 Å². The SMILES string of the molecule is Cc1cc2cc(C)n(CCO)c2cc1C(=O)O. The fraction of sp³-hybridized carbons (Fsp3) is 0.308. The number of hydrogen-bond acceptors (Lipinski definition) is 2. The molecule has 17 heavy (non-hydrogen) atoms.